The Bertz CT molecular complexity index is 1830. The van der Waals surface area contributed by atoms with Gasteiger partial charge in [-0.2, -0.15) is 0 Å². The second kappa shape index (κ2) is 12.7. The highest BCUT2D eigenvalue weighted by Gasteiger charge is 2.39. The fourth-order valence-electron chi connectivity index (χ4n) is 5.62. The van der Waals surface area contributed by atoms with E-state index in [9.17, 15) is 19.8 Å². The number of aromatic hydroxyl groups is 2. The molecule has 9 nitrogen and oxygen atoms in total. The highest BCUT2D eigenvalue weighted by atomic mass is 35.5. The highest BCUT2D eigenvalue weighted by molar-refractivity contribution is 7.59. The summed E-state index contributed by atoms with van der Waals surface area (Å²) >= 11 is 12.6. The van der Waals surface area contributed by atoms with E-state index in [4.69, 9.17) is 35.8 Å². The summed E-state index contributed by atoms with van der Waals surface area (Å²) < 4.78 is 25.3. The lowest BCUT2D eigenvalue weighted by Gasteiger charge is -2.35. The van der Waals surface area contributed by atoms with Crippen molar-refractivity contribution in [1.82, 2.24) is 0 Å². The summed E-state index contributed by atoms with van der Waals surface area (Å²) in [5.41, 5.74) is 6.69. The Morgan fingerprint density at radius 3 is 1.29 bits per heavy atom. The molecule has 2 aromatic rings. The largest absolute Gasteiger partial charge is 0.506 e. The minimum absolute atomic E-state index is 0. The molecule has 0 fully saturated rings. The van der Waals surface area contributed by atoms with Crippen molar-refractivity contribution in [2.45, 2.75) is 59.8 Å². The molecule has 0 saturated carbocycles. The summed E-state index contributed by atoms with van der Waals surface area (Å²) in [6.45, 7) is 11.5. The normalized spacial score (nSPS) is 17.5. The van der Waals surface area contributed by atoms with E-state index >= 15 is 0 Å². The van der Waals surface area contributed by atoms with Gasteiger partial charge in [0.1, 0.15) is 11.5 Å². The summed E-state index contributed by atoms with van der Waals surface area (Å²) in [5, 5.41) is 20.8. The maximum Gasteiger partial charge on any atom is 0.425 e. The number of carbonyl (C=O) groups excluding carboxylic acids is 2. The molecule has 0 atom stereocenters. The Kier molecular flexibility index (Phi) is 9.98. The molecule has 0 amide bonds. The second-order valence-electron chi connectivity index (χ2n) is 11.5. The molecule has 2 heterocycles. The number of rotatable bonds is 0. The van der Waals surface area contributed by atoms with Crippen LogP contribution in [0.4, 0.5) is 11.4 Å². The number of nitrogens with zero attached hydrogens (tertiary/aromatic N) is 2. The van der Waals surface area contributed by atoms with Crippen molar-refractivity contribution < 1.29 is 32.4 Å². The SMILES string of the molecule is C.Cc1cc2c(c(Cl)c1O)C(C)(C)C1=CC(=O)C=CC1=N2.Cc1cc2c(c(Cl)c1O)C(C)(C)C1=CC(=O)C=CC1=N2.O=S(=O)=O. The number of allylic oxidation sites excluding steroid dienone is 8. The van der Waals surface area contributed by atoms with Gasteiger partial charge in [-0.05, 0) is 84.7 Å². The molecule has 0 saturated heterocycles. The van der Waals surface area contributed by atoms with Crippen molar-refractivity contribution in [1.29, 1.82) is 0 Å². The number of phenolic OH excluding ortho intramolecular Hbond substituents is 2. The van der Waals surface area contributed by atoms with E-state index < -0.39 is 21.4 Å². The van der Waals surface area contributed by atoms with Crippen LogP contribution in [0.3, 0.4) is 0 Å². The third-order valence-electron chi connectivity index (χ3n) is 7.84. The summed E-state index contributed by atoms with van der Waals surface area (Å²) in [7, 11) is -3.11. The number of hydrogen-bond donors (Lipinski definition) is 2. The lowest BCUT2D eigenvalue weighted by molar-refractivity contribution is -0.111. The molecule has 0 aromatic heterocycles. The van der Waals surface area contributed by atoms with Crippen LogP contribution >= 0.6 is 23.2 Å². The quantitative estimate of drug-likeness (QED) is 0.281. The number of phenols is 2. The molecule has 4 aliphatic rings. The predicted octanol–water partition coefficient (Wildman–Crippen LogP) is 7.20. The summed E-state index contributed by atoms with van der Waals surface area (Å²) in [5.74, 6) is 0.0525. The average Bonchev–Trinajstić information content (AvgIpc) is 2.91. The minimum atomic E-state index is -3.11. The van der Waals surface area contributed by atoms with E-state index in [2.05, 4.69) is 9.98 Å². The van der Waals surface area contributed by atoms with Crippen LogP contribution in [-0.2, 0) is 31.0 Å². The van der Waals surface area contributed by atoms with Gasteiger partial charge in [0.05, 0.1) is 32.8 Å². The van der Waals surface area contributed by atoms with E-state index in [0.717, 1.165) is 45.1 Å². The molecular formula is C33H32Cl2N2O7S. The van der Waals surface area contributed by atoms with Crippen LogP contribution in [0.1, 0.15) is 57.4 Å². The molecule has 2 aliphatic heterocycles. The van der Waals surface area contributed by atoms with Crippen LogP contribution in [0, 0.1) is 13.8 Å². The molecule has 236 valence electrons. The van der Waals surface area contributed by atoms with E-state index in [-0.39, 0.29) is 30.5 Å². The van der Waals surface area contributed by atoms with Crippen LogP contribution in [0.5, 0.6) is 11.5 Å². The number of halogens is 2. The average molecular weight is 672 g/mol. The van der Waals surface area contributed by atoms with Crippen molar-refractivity contribution in [3.8, 4) is 11.5 Å². The number of ketones is 2. The van der Waals surface area contributed by atoms with Gasteiger partial charge in [0.25, 0.3) is 0 Å². The Morgan fingerprint density at radius 2 is 0.978 bits per heavy atom. The van der Waals surface area contributed by atoms with Gasteiger partial charge >= 0.3 is 10.6 Å². The van der Waals surface area contributed by atoms with Crippen LogP contribution in [0.25, 0.3) is 0 Å². The fourth-order valence-corrected chi connectivity index (χ4v) is 6.58. The lowest BCUT2D eigenvalue weighted by atomic mass is 9.71. The summed E-state index contributed by atoms with van der Waals surface area (Å²) in [4.78, 5) is 32.4. The zero-order chi connectivity index (χ0) is 32.9. The molecule has 2 N–H and O–H groups in total. The van der Waals surface area contributed by atoms with Crippen LogP contribution in [0.2, 0.25) is 10.0 Å². The van der Waals surface area contributed by atoms with Crippen molar-refractivity contribution in [3.05, 3.63) is 92.0 Å². The standard InChI is InChI=1S/2C16H14ClNO2.CH4.O3S/c2*1-8-6-12-13(14(17)15(8)20)16(2,3)10-7-9(19)4-5-11(10)18-12;;1-4(2)3/h2*4-7,20H,1-3H3;1H4;. The third-order valence-corrected chi connectivity index (χ3v) is 8.57. The van der Waals surface area contributed by atoms with Gasteiger partial charge in [-0.3, -0.25) is 9.59 Å². The first-order chi connectivity index (χ1) is 20.4. The Balaban J connectivity index is 0.000000215. The molecule has 0 bridgehead atoms. The fraction of sp³-hybridized carbons (Fsp3) is 0.273. The first kappa shape index (κ1) is 35.4. The molecule has 45 heavy (non-hydrogen) atoms. The van der Waals surface area contributed by atoms with Crippen molar-refractivity contribution in [2.24, 2.45) is 9.98 Å². The van der Waals surface area contributed by atoms with E-state index in [1.165, 1.54) is 12.2 Å². The molecular weight excluding hydrogens is 639 g/mol. The summed E-state index contributed by atoms with van der Waals surface area (Å²) in [6, 6.07) is 3.65. The van der Waals surface area contributed by atoms with Gasteiger partial charge in [0, 0.05) is 22.0 Å². The summed E-state index contributed by atoms with van der Waals surface area (Å²) in [6.07, 6.45) is 9.68. The van der Waals surface area contributed by atoms with Gasteiger partial charge in [0.2, 0.25) is 0 Å². The monoisotopic (exact) mass is 670 g/mol. The van der Waals surface area contributed by atoms with Crippen molar-refractivity contribution in [2.75, 3.05) is 0 Å². The minimum Gasteiger partial charge on any atom is -0.506 e. The van der Waals surface area contributed by atoms with Gasteiger partial charge in [-0.25, -0.2) is 9.98 Å². The first-order valence-corrected chi connectivity index (χ1v) is 15.0. The maximum atomic E-state index is 11.6. The highest BCUT2D eigenvalue weighted by Crippen LogP contribution is 2.51. The number of hydrogen-bond acceptors (Lipinski definition) is 9. The maximum absolute atomic E-state index is 11.6. The van der Waals surface area contributed by atoms with Crippen LogP contribution in [0.15, 0.2) is 69.7 Å². The van der Waals surface area contributed by atoms with Gasteiger partial charge in [0.15, 0.2) is 11.6 Å². The lowest BCUT2D eigenvalue weighted by Crippen LogP contribution is -2.31. The number of aryl methyl sites for hydroxylation is 2. The molecule has 0 unspecified atom stereocenters. The first-order valence-electron chi connectivity index (χ1n) is 13.3. The molecule has 12 heteroatoms. The Labute approximate surface area is 273 Å². The molecule has 2 aliphatic carbocycles. The third kappa shape index (κ3) is 6.49. The topological polar surface area (TPSA) is 151 Å². The van der Waals surface area contributed by atoms with Crippen LogP contribution in [-0.4, -0.2) is 45.8 Å². The molecule has 0 radical (unpaired) electrons. The number of fused-ring (bicyclic) bond motifs is 4. The van der Waals surface area contributed by atoms with E-state index in [1.54, 1.807) is 38.2 Å². The molecule has 6 rings (SSSR count). The van der Waals surface area contributed by atoms with Crippen molar-refractivity contribution in [3.63, 3.8) is 0 Å². The zero-order valence-electron chi connectivity index (χ0n) is 24.6. The number of benzene rings is 2. The second-order valence-corrected chi connectivity index (χ2v) is 12.7. The number of carbonyl (C=O) groups is 2. The van der Waals surface area contributed by atoms with E-state index in [0.29, 0.717) is 21.2 Å². The van der Waals surface area contributed by atoms with Gasteiger partial charge < -0.3 is 10.2 Å². The Morgan fingerprint density at radius 1 is 0.667 bits per heavy atom. The number of aliphatic imine (C=N–C) groups is 2. The predicted molar refractivity (Wildman–Crippen MR) is 177 cm³/mol. The smallest absolute Gasteiger partial charge is 0.425 e. The zero-order valence-corrected chi connectivity index (χ0v) is 26.9. The van der Waals surface area contributed by atoms with Crippen molar-refractivity contribution >= 4 is 68.2 Å². The van der Waals surface area contributed by atoms with Gasteiger partial charge in [-0.15, -0.1) is 12.6 Å². The Hall–Kier alpha value is -4.12. The molecule has 2 aromatic carbocycles. The van der Waals surface area contributed by atoms with E-state index in [1.807, 2.05) is 39.8 Å². The molecule has 0 spiro atoms. The van der Waals surface area contributed by atoms with Crippen LogP contribution < -0.4 is 0 Å². The van der Waals surface area contributed by atoms with Gasteiger partial charge in [-0.1, -0.05) is 58.3 Å².